The van der Waals surface area contributed by atoms with Crippen LogP contribution in [-0.4, -0.2) is 12.4 Å². The van der Waals surface area contributed by atoms with Gasteiger partial charge in [-0.2, -0.15) is 5.26 Å². The van der Waals surface area contributed by atoms with Crippen LogP contribution >= 0.6 is 0 Å². The highest BCUT2D eigenvalue weighted by Crippen LogP contribution is 2.35. The molecule has 3 heteroatoms. The van der Waals surface area contributed by atoms with Crippen LogP contribution in [0.3, 0.4) is 0 Å². The van der Waals surface area contributed by atoms with E-state index < -0.39 is 5.60 Å². The first kappa shape index (κ1) is 8.33. The molecule has 68 valence electrons. The molecule has 2 atom stereocenters. The van der Waals surface area contributed by atoms with Crippen molar-refractivity contribution in [2.45, 2.75) is 18.9 Å². The van der Waals surface area contributed by atoms with Crippen LogP contribution in [0.5, 0.6) is 0 Å². The minimum atomic E-state index is -0.464. The highest BCUT2D eigenvalue weighted by molar-refractivity contribution is 5.27. The number of ether oxygens (including phenoxy) is 2. The zero-order chi connectivity index (χ0) is 9.31. The Morgan fingerprint density at radius 3 is 3.15 bits per heavy atom. The third-order valence-corrected chi connectivity index (χ3v) is 2.63. The molecular formula is C10H11NO2. The van der Waals surface area contributed by atoms with Gasteiger partial charge in [-0.15, -0.1) is 0 Å². The molecule has 2 unspecified atom stereocenters. The average Bonchev–Trinajstić information content (AvgIpc) is 2.50. The summed E-state index contributed by atoms with van der Waals surface area (Å²) < 4.78 is 10.8. The fourth-order valence-electron chi connectivity index (χ4n) is 1.60. The molecule has 2 heterocycles. The van der Waals surface area contributed by atoms with Gasteiger partial charge in [-0.25, -0.2) is 0 Å². The van der Waals surface area contributed by atoms with Crippen molar-refractivity contribution in [1.82, 2.24) is 0 Å². The van der Waals surface area contributed by atoms with Crippen molar-refractivity contribution in [3.63, 3.8) is 0 Å². The quantitative estimate of drug-likeness (QED) is 0.612. The molecule has 2 aliphatic heterocycles. The van der Waals surface area contributed by atoms with Crippen LogP contribution in [0.1, 0.15) is 13.3 Å². The number of rotatable bonds is 1. The Morgan fingerprint density at radius 1 is 1.69 bits per heavy atom. The van der Waals surface area contributed by atoms with Crippen molar-refractivity contribution in [2.24, 2.45) is 5.92 Å². The first-order chi connectivity index (χ1) is 6.27. The first-order valence-electron chi connectivity index (χ1n) is 4.33. The molecule has 1 aliphatic carbocycles. The van der Waals surface area contributed by atoms with E-state index in [0.717, 1.165) is 12.2 Å². The van der Waals surface area contributed by atoms with E-state index >= 15 is 0 Å². The highest BCUT2D eigenvalue weighted by Gasteiger charge is 2.38. The van der Waals surface area contributed by atoms with E-state index in [9.17, 15) is 0 Å². The van der Waals surface area contributed by atoms with Gasteiger partial charge in [0.1, 0.15) is 11.4 Å². The summed E-state index contributed by atoms with van der Waals surface area (Å²) in [6.07, 6.45) is 6.52. The van der Waals surface area contributed by atoms with Gasteiger partial charge in [-0.05, 0) is 25.2 Å². The van der Waals surface area contributed by atoms with Crippen molar-refractivity contribution < 1.29 is 9.47 Å². The molecule has 0 saturated carbocycles. The molecule has 0 aromatic heterocycles. The fourth-order valence-corrected chi connectivity index (χ4v) is 1.60. The van der Waals surface area contributed by atoms with Crippen molar-refractivity contribution >= 4 is 0 Å². The Morgan fingerprint density at radius 2 is 2.54 bits per heavy atom. The number of hydrogen-bond donors (Lipinski definition) is 0. The molecular weight excluding hydrogens is 166 g/mol. The Balaban J connectivity index is 2.30. The van der Waals surface area contributed by atoms with Crippen LogP contribution in [0.15, 0.2) is 24.0 Å². The number of nitriles is 1. The molecule has 0 amide bonds. The van der Waals surface area contributed by atoms with Gasteiger partial charge in [0.2, 0.25) is 0 Å². The van der Waals surface area contributed by atoms with Gasteiger partial charge in [-0.1, -0.05) is 0 Å². The van der Waals surface area contributed by atoms with E-state index in [1.165, 1.54) is 0 Å². The Hall–Kier alpha value is -1.27. The summed E-state index contributed by atoms with van der Waals surface area (Å²) >= 11 is 0. The van der Waals surface area contributed by atoms with E-state index in [0.29, 0.717) is 0 Å². The summed E-state index contributed by atoms with van der Waals surface area (Å²) in [4.78, 5) is 0. The van der Waals surface area contributed by atoms with Crippen molar-refractivity contribution in [3.8, 4) is 6.07 Å². The maximum atomic E-state index is 8.87. The molecule has 0 radical (unpaired) electrons. The van der Waals surface area contributed by atoms with E-state index in [2.05, 4.69) is 6.07 Å². The Labute approximate surface area is 77.3 Å². The second-order valence-electron chi connectivity index (χ2n) is 3.36. The molecule has 3 rings (SSSR count). The predicted octanol–water partition coefficient (Wildman–Crippen LogP) is 1.73. The third-order valence-electron chi connectivity index (χ3n) is 2.63. The minimum Gasteiger partial charge on any atom is -0.468 e. The predicted molar refractivity (Wildman–Crippen MR) is 46.4 cm³/mol. The summed E-state index contributed by atoms with van der Waals surface area (Å²) in [7, 11) is 0. The molecule has 0 aromatic carbocycles. The van der Waals surface area contributed by atoms with Gasteiger partial charge in [0.15, 0.2) is 6.79 Å². The maximum Gasteiger partial charge on any atom is 0.190 e. The van der Waals surface area contributed by atoms with Gasteiger partial charge in [0, 0.05) is 6.42 Å². The lowest BCUT2D eigenvalue weighted by molar-refractivity contribution is -0.0990. The molecule has 0 aromatic rings. The van der Waals surface area contributed by atoms with Crippen LogP contribution in [0.2, 0.25) is 0 Å². The standard InChI is InChI=1S/C10H11NO2/c1-8(6-11)10-4-2-9(3-5-10)12-7-13-10/h2-4,8H,5,7H2,1H3. The largest absolute Gasteiger partial charge is 0.468 e. The lowest BCUT2D eigenvalue weighted by atomic mass is 9.84. The summed E-state index contributed by atoms with van der Waals surface area (Å²) in [6.45, 7) is 2.11. The second-order valence-corrected chi connectivity index (χ2v) is 3.36. The zero-order valence-corrected chi connectivity index (χ0v) is 7.49. The number of hydrogen-bond acceptors (Lipinski definition) is 3. The van der Waals surface area contributed by atoms with Crippen LogP contribution in [0.4, 0.5) is 0 Å². The molecule has 13 heavy (non-hydrogen) atoms. The van der Waals surface area contributed by atoms with Gasteiger partial charge >= 0.3 is 0 Å². The van der Waals surface area contributed by atoms with E-state index in [1.54, 1.807) is 0 Å². The van der Waals surface area contributed by atoms with Crippen molar-refractivity contribution in [3.05, 3.63) is 24.0 Å². The summed E-state index contributed by atoms with van der Waals surface area (Å²) in [5.41, 5.74) is -0.464. The summed E-state index contributed by atoms with van der Waals surface area (Å²) in [5, 5.41) is 8.87. The van der Waals surface area contributed by atoms with E-state index in [-0.39, 0.29) is 12.7 Å². The van der Waals surface area contributed by atoms with Gasteiger partial charge in [0.25, 0.3) is 0 Å². The van der Waals surface area contributed by atoms with E-state index in [1.807, 2.05) is 25.2 Å². The van der Waals surface area contributed by atoms with E-state index in [4.69, 9.17) is 14.7 Å². The smallest absolute Gasteiger partial charge is 0.190 e. The normalized spacial score (nSPS) is 32.8. The van der Waals surface area contributed by atoms with Crippen LogP contribution in [-0.2, 0) is 9.47 Å². The van der Waals surface area contributed by atoms with Crippen LogP contribution < -0.4 is 0 Å². The van der Waals surface area contributed by atoms with Gasteiger partial charge in [0.05, 0.1) is 12.0 Å². The molecule has 0 N–H and O–H groups in total. The summed E-state index contributed by atoms with van der Waals surface area (Å²) in [5.74, 6) is 0.696. The Kier molecular flexibility index (Phi) is 1.86. The van der Waals surface area contributed by atoms with Crippen LogP contribution in [0, 0.1) is 17.2 Å². The molecule has 0 saturated heterocycles. The summed E-state index contributed by atoms with van der Waals surface area (Å²) in [6, 6.07) is 2.22. The average molecular weight is 177 g/mol. The molecule has 3 aliphatic rings. The first-order valence-corrected chi connectivity index (χ1v) is 4.33. The molecule has 3 nitrogen and oxygen atoms in total. The maximum absolute atomic E-state index is 8.87. The van der Waals surface area contributed by atoms with Crippen molar-refractivity contribution in [2.75, 3.05) is 6.79 Å². The molecule has 0 fully saturated rings. The minimum absolute atomic E-state index is 0.150. The Bertz CT molecular complexity index is 313. The fraction of sp³-hybridized carbons (Fsp3) is 0.500. The van der Waals surface area contributed by atoms with Crippen LogP contribution in [0.25, 0.3) is 0 Å². The lowest BCUT2D eigenvalue weighted by Gasteiger charge is -2.30. The zero-order valence-electron chi connectivity index (χ0n) is 7.49. The molecule has 2 bridgehead atoms. The monoisotopic (exact) mass is 177 g/mol. The highest BCUT2D eigenvalue weighted by atomic mass is 16.7. The van der Waals surface area contributed by atoms with Gasteiger partial charge < -0.3 is 9.47 Å². The lowest BCUT2D eigenvalue weighted by Crippen LogP contribution is -2.36. The molecule has 0 spiro atoms. The number of nitrogens with zero attached hydrogens (tertiary/aromatic N) is 1. The number of fused-ring (bicyclic) bond motifs is 3. The SMILES string of the molecule is CC(C#N)C12C=CC(=CC1)OCO2. The van der Waals surface area contributed by atoms with Gasteiger partial charge in [-0.3, -0.25) is 0 Å². The topological polar surface area (TPSA) is 42.2 Å². The third kappa shape index (κ3) is 1.24. The second kappa shape index (κ2) is 2.90. The number of allylic oxidation sites excluding steroid dienone is 1. The van der Waals surface area contributed by atoms with Crippen molar-refractivity contribution in [1.29, 1.82) is 5.26 Å².